The molecule has 1 aliphatic heterocycles. The van der Waals surface area contributed by atoms with Crippen LogP contribution in [0.25, 0.3) is 0 Å². The molecule has 0 spiro atoms. The highest BCUT2D eigenvalue weighted by atomic mass is 16.5. The van der Waals surface area contributed by atoms with Gasteiger partial charge in [-0.2, -0.15) is 0 Å². The van der Waals surface area contributed by atoms with E-state index in [0.29, 0.717) is 12.2 Å². The van der Waals surface area contributed by atoms with Crippen molar-refractivity contribution < 1.29 is 4.74 Å². The van der Waals surface area contributed by atoms with E-state index in [1.165, 1.54) is 0 Å². The van der Waals surface area contributed by atoms with Gasteiger partial charge >= 0.3 is 0 Å². The highest BCUT2D eigenvalue weighted by Gasteiger charge is 2.19. The van der Waals surface area contributed by atoms with Gasteiger partial charge in [0.05, 0.1) is 12.2 Å². The maximum absolute atomic E-state index is 5.58. The molecule has 2 heteroatoms. The van der Waals surface area contributed by atoms with Crippen molar-refractivity contribution in [1.29, 1.82) is 0 Å². The number of hydrogen-bond donors (Lipinski definition) is 0. The molecule has 0 aromatic rings. The Hall–Kier alpha value is -0.0800. The molecule has 0 aromatic carbocycles. The summed E-state index contributed by atoms with van der Waals surface area (Å²) in [4.78, 5) is 2.43. The van der Waals surface area contributed by atoms with E-state index in [1.807, 2.05) is 0 Å². The van der Waals surface area contributed by atoms with Gasteiger partial charge < -0.3 is 4.74 Å². The lowest BCUT2D eigenvalue weighted by molar-refractivity contribution is -0.0664. The number of ether oxygens (including phenoxy) is 1. The molecule has 2 atom stereocenters. The number of likely N-dealkylation sites (N-methyl/N-ethyl adjacent to an activating group) is 1. The van der Waals surface area contributed by atoms with Crippen LogP contribution in [0, 0.1) is 0 Å². The molecular weight excluding hydrogens is 126 g/mol. The lowest BCUT2D eigenvalue weighted by atomic mass is 10.2. The number of hydrogen-bond acceptors (Lipinski definition) is 2. The van der Waals surface area contributed by atoms with Crippen LogP contribution in [-0.2, 0) is 4.74 Å². The predicted molar refractivity (Wildman–Crippen MR) is 42.1 cm³/mol. The minimum atomic E-state index is 0.420. The minimum absolute atomic E-state index is 0.420. The zero-order valence-electron chi connectivity index (χ0n) is 7.13. The van der Waals surface area contributed by atoms with Crippen LogP contribution in [-0.4, -0.2) is 36.7 Å². The molecule has 10 heavy (non-hydrogen) atoms. The average Bonchev–Trinajstić information content (AvgIpc) is 1.85. The third-order valence-corrected chi connectivity index (χ3v) is 1.94. The Balaban J connectivity index is 2.35. The zero-order valence-corrected chi connectivity index (χ0v) is 7.13. The summed E-state index contributed by atoms with van der Waals surface area (Å²) in [6.45, 7) is 9.82. The molecule has 0 amide bonds. The van der Waals surface area contributed by atoms with Gasteiger partial charge in [0, 0.05) is 13.1 Å². The lowest BCUT2D eigenvalue weighted by Crippen LogP contribution is -2.45. The SMILES string of the molecule is CCN1C[C@@H](C)O[C@@H](C)C1. The fourth-order valence-electron chi connectivity index (χ4n) is 1.54. The van der Waals surface area contributed by atoms with Crippen molar-refractivity contribution in [3.8, 4) is 0 Å². The van der Waals surface area contributed by atoms with Gasteiger partial charge in [-0.1, -0.05) is 6.92 Å². The zero-order chi connectivity index (χ0) is 7.56. The molecule has 2 nitrogen and oxygen atoms in total. The van der Waals surface area contributed by atoms with Gasteiger partial charge in [-0.05, 0) is 20.4 Å². The first-order valence-corrected chi connectivity index (χ1v) is 4.10. The fraction of sp³-hybridized carbons (Fsp3) is 1.00. The van der Waals surface area contributed by atoms with Crippen LogP contribution in [0.4, 0.5) is 0 Å². The molecule has 1 rings (SSSR count). The Kier molecular flexibility index (Phi) is 2.69. The van der Waals surface area contributed by atoms with Crippen LogP contribution < -0.4 is 0 Å². The number of rotatable bonds is 1. The van der Waals surface area contributed by atoms with Crippen molar-refractivity contribution in [3.63, 3.8) is 0 Å². The standard InChI is InChI=1S/C8H17NO/c1-4-9-5-7(2)10-8(3)6-9/h7-8H,4-6H2,1-3H3/t7-,8+. The van der Waals surface area contributed by atoms with E-state index in [2.05, 4.69) is 25.7 Å². The summed E-state index contributed by atoms with van der Waals surface area (Å²) in [5, 5.41) is 0. The molecule has 1 saturated heterocycles. The molecule has 0 unspecified atom stereocenters. The normalized spacial score (nSPS) is 36.3. The Bertz CT molecular complexity index is 95.4. The molecule has 0 radical (unpaired) electrons. The van der Waals surface area contributed by atoms with Crippen LogP contribution >= 0.6 is 0 Å². The van der Waals surface area contributed by atoms with Crippen molar-refractivity contribution in [2.75, 3.05) is 19.6 Å². The topological polar surface area (TPSA) is 12.5 Å². The molecule has 1 fully saturated rings. The first kappa shape index (κ1) is 8.02. The van der Waals surface area contributed by atoms with Crippen LogP contribution in [0.2, 0.25) is 0 Å². The largest absolute Gasteiger partial charge is 0.373 e. The Morgan fingerprint density at radius 3 is 2.20 bits per heavy atom. The van der Waals surface area contributed by atoms with E-state index in [0.717, 1.165) is 19.6 Å². The monoisotopic (exact) mass is 143 g/mol. The minimum Gasteiger partial charge on any atom is -0.373 e. The second-order valence-electron chi connectivity index (χ2n) is 3.11. The summed E-state index contributed by atoms with van der Waals surface area (Å²) in [5.41, 5.74) is 0. The van der Waals surface area contributed by atoms with E-state index in [-0.39, 0.29) is 0 Å². The summed E-state index contributed by atoms with van der Waals surface area (Å²) in [6.07, 6.45) is 0.840. The van der Waals surface area contributed by atoms with Crippen molar-refractivity contribution >= 4 is 0 Å². The Morgan fingerprint density at radius 2 is 1.80 bits per heavy atom. The van der Waals surface area contributed by atoms with Crippen molar-refractivity contribution in [1.82, 2.24) is 4.90 Å². The first-order chi connectivity index (χ1) is 4.72. The molecule has 0 aliphatic carbocycles. The van der Waals surface area contributed by atoms with E-state index in [4.69, 9.17) is 4.74 Å². The summed E-state index contributed by atoms with van der Waals surface area (Å²) < 4.78 is 5.58. The fourth-order valence-corrected chi connectivity index (χ4v) is 1.54. The highest BCUT2D eigenvalue weighted by Crippen LogP contribution is 2.09. The number of nitrogens with zero attached hydrogens (tertiary/aromatic N) is 1. The maximum Gasteiger partial charge on any atom is 0.0678 e. The Labute approximate surface area is 63.2 Å². The van der Waals surface area contributed by atoms with Crippen LogP contribution in [0.15, 0.2) is 0 Å². The highest BCUT2D eigenvalue weighted by molar-refractivity contribution is 4.71. The van der Waals surface area contributed by atoms with E-state index in [1.54, 1.807) is 0 Å². The Morgan fingerprint density at radius 1 is 1.30 bits per heavy atom. The molecular formula is C8H17NO. The maximum atomic E-state index is 5.58. The van der Waals surface area contributed by atoms with Gasteiger partial charge in [0.25, 0.3) is 0 Å². The van der Waals surface area contributed by atoms with E-state index >= 15 is 0 Å². The molecule has 0 bridgehead atoms. The second kappa shape index (κ2) is 3.35. The van der Waals surface area contributed by atoms with Crippen molar-refractivity contribution in [3.05, 3.63) is 0 Å². The van der Waals surface area contributed by atoms with Gasteiger partial charge in [0.1, 0.15) is 0 Å². The van der Waals surface area contributed by atoms with Crippen LogP contribution in [0.5, 0.6) is 0 Å². The molecule has 60 valence electrons. The summed E-state index contributed by atoms with van der Waals surface area (Å²) in [6, 6.07) is 0. The van der Waals surface area contributed by atoms with Crippen molar-refractivity contribution in [2.45, 2.75) is 33.0 Å². The van der Waals surface area contributed by atoms with Crippen LogP contribution in [0.3, 0.4) is 0 Å². The molecule has 0 saturated carbocycles. The molecule has 0 aromatic heterocycles. The summed E-state index contributed by atoms with van der Waals surface area (Å²) >= 11 is 0. The lowest BCUT2D eigenvalue weighted by Gasteiger charge is -2.34. The molecule has 0 N–H and O–H groups in total. The third kappa shape index (κ3) is 1.96. The second-order valence-corrected chi connectivity index (χ2v) is 3.11. The summed E-state index contributed by atoms with van der Waals surface area (Å²) in [7, 11) is 0. The molecule has 1 heterocycles. The predicted octanol–water partition coefficient (Wildman–Crippen LogP) is 1.12. The van der Waals surface area contributed by atoms with Gasteiger partial charge in [-0.15, -0.1) is 0 Å². The first-order valence-electron chi connectivity index (χ1n) is 4.10. The quantitative estimate of drug-likeness (QED) is 0.545. The van der Waals surface area contributed by atoms with Crippen molar-refractivity contribution in [2.24, 2.45) is 0 Å². The van der Waals surface area contributed by atoms with Gasteiger partial charge in [-0.3, -0.25) is 4.90 Å². The molecule has 1 aliphatic rings. The van der Waals surface area contributed by atoms with E-state index in [9.17, 15) is 0 Å². The van der Waals surface area contributed by atoms with Gasteiger partial charge in [-0.25, -0.2) is 0 Å². The van der Waals surface area contributed by atoms with Crippen LogP contribution in [0.1, 0.15) is 20.8 Å². The number of morpholine rings is 1. The summed E-state index contributed by atoms with van der Waals surface area (Å²) in [5.74, 6) is 0. The third-order valence-electron chi connectivity index (χ3n) is 1.94. The average molecular weight is 143 g/mol. The van der Waals surface area contributed by atoms with E-state index < -0.39 is 0 Å². The smallest absolute Gasteiger partial charge is 0.0678 e. The van der Waals surface area contributed by atoms with Gasteiger partial charge in [0.15, 0.2) is 0 Å². The van der Waals surface area contributed by atoms with Gasteiger partial charge in [0.2, 0.25) is 0 Å².